The fourth-order valence-corrected chi connectivity index (χ4v) is 2.81. The minimum Gasteiger partial charge on any atom is -0.300 e. The van der Waals surface area contributed by atoms with E-state index in [1.807, 2.05) is 0 Å². The molecule has 0 aromatic rings. The van der Waals surface area contributed by atoms with Crippen molar-refractivity contribution >= 4 is 5.78 Å². The van der Waals surface area contributed by atoms with Crippen LogP contribution < -0.4 is 0 Å². The third-order valence-electron chi connectivity index (χ3n) is 4.27. The molecule has 0 saturated heterocycles. The third-order valence-corrected chi connectivity index (χ3v) is 4.27. The second-order valence-corrected chi connectivity index (χ2v) is 7.43. The molecule has 0 aliphatic rings. The van der Waals surface area contributed by atoms with Gasteiger partial charge in [-0.25, -0.2) is 0 Å². The lowest BCUT2D eigenvalue weighted by molar-refractivity contribution is -0.117. The number of hydrogen-bond donors (Lipinski definition) is 0. The van der Waals surface area contributed by atoms with Crippen LogP contribution in [0.4, 0.5) is 0 Å². The normalized spacial score (nSPS) is 14.5. The highest BCUT2D eigenvalue weighted by atomic mass is 16.1. The van der Waals surface area contributed by atoms with Gasteiger partial charge in [-0.1, -0.05) is 46.6 Å². The first-order valence-electron chi connectivity index (χ1n) is 9.32. The van der Waals surface area contributed by atoms with E-state index in [-0.39, 0.29) is 5.78 Å². The van der Waals surface area contributed by atoms with Crippen molar-refractivity contribution in [1.29, 1.82) is 0 Å². The van der Waals surface area contributed by atoms with Crippen molar-refractivity contribution < 1.29 is 4.79 Å². The predicted octanol–water partition coefficient (Wildman–Crippen LogP) is 7.36. The molecule has 1 unspecified atom stereocenters. The van der Waals surface area contributed by atoms with Crippen molar-refractivity contribution in [3.05, 3.63) is 46.6 Å². The van der Waals surface area contributed by atoms with Crippen LogP contribution in [0.25, 0.3) is 0 Å². The molecule has 0 aromatic heterocycles. The summed E-state index contributed by atoms with van der Waals surface area (Å²) in [6.07, 6.45) is 15.3. The molecule has 0 aliphatic carbocycles. The molecule has 1 nitrogen and oxygen atoms in total. The van der Waals surface area contributed by atoms with Gasteiger partial charge in [-0.2, -0.15) is 0 Å². The van der Waals surface area contributed by atoms with E-state index < -0.39 is 0 Å². The second-order valence-electron chi connectivity index (χ2n) is 7.43. The Morgan fingerprint density at radius 2 is 1.38 bits per heavy atom. The summed E-state index contributed by atoms with van der Waals surface area (Å²) in [4.78, 5) is 11.5. The number of carbonyl (C=O) groups excluding carboxylic acids is 1. The Morgan fingerprint density at radius 1 is 0.792 bits per heavy atom. The van der Waals surface area contributed by atoms with E-state index in [1.54, 1.807) is 6.92 Å². The standard InChI is InChI=1S/C23H38O/c1-8-19(4)15-23(17-22(7)24)16-21(6)14-10-13-20(5)12-9-11-18(2)3/h8,11,13,16,23H,9-10,12,14-15,17H2,1-7H3/b19-8+,20-13+,21-16+. The van der Waals surface area contributed by atoms with Crippen LogP contribution in [0.5, 0.6) is 0 Å². The Labute approximate surface area is 150 Å². The molecule has 0 aromatic carbocycles. The first-order chi connectivity index (χ1) is 11.2. The molecule has 24 heavy (non-hydrogen) atoms. The summed E-state index contributed by atoms with van der Waals surface area (Å²) in [7, 11) is 0. The number of rotatable bonds is 11. The van der Waals surface area contributed by atoms with E-state index in [4.69, 9.17) is 0 Å². The maximum absolute atomic E-state index is 11.5. The molecule has 0 heterocycles. The van der Waals surface area contributed by atoms with Gasteiger partial charge in [-0.3, -0.25) is 0 Å². The Bertz CT molecular complexity index is 496. The average Bonchev–Trinajstić information content (AvgIpc) is 2.45. The van der Waals surface area contributed by atoms with E-state index in [1.165, 1.54) is 22.3 Å². The molecule has 1 atom stereocenters. The Kier molecular flexibility index (Phi) is 12.2. The zero-order valence-electron chi connectivity index (χ0n) is 17.0. The van der Waals surface area contributed by atoms with Gasteiger partial charge < -0.3 is 4.79 Å². The van der Waals surface area contributed by atoms with Crippen LogP contribution in [0.3, 0.4) is 0 Å². The van der Waals surface area contributed by atoms with Gasteiger partial charge in [-0.05, 0) is 86.5 Å². The first-order valence-corrected chi connectivity index (χ1v) is 9.32. The Morgan fingerprint density at radius 3 is 1.92 bits per heavy atom. The topological polar surface area (TPSA) is 17.1 Å². The summed E-state index contributed by atoms with van der Waals surface area (Å²) in [5.74, 6) is 0.629. The van der Waals surface area contributed by atoms with Crippen molar-refractivity contribution in [3.8, 4) is 0 Å². The lowest BCUT2D eigenvalue weighted by atomic mass is 9.92. The van der Waals surface area contributed by atoms with E-state index >= 15 is 0 Å². The maximum Gasteiger partial charge on any atom is 0.130 e. The lowest BCUT2D eigenvalue weighted by Crippen LogP contribution is -2.04. The summed E-state index contributed by atoms with van der Waals surface area (Å²) in [6, 6.07) is 0. The molecule has 0 radical (unpaired) electrons. The van der Waals surface area contributed by atoms with E-state index in [0.717, 1.165) is 32.1 Å². The van der Waals surface area contributed by atoms with Gasteiger partial charge in [-0.15, -0.1) is 0 Å². The quantitative estimate of drug-likeness (QED) is 0.362. The van der Waals surface area contributed by atoms with Crippen LogP contribution in [0, 0.1) is 5.92 Å². The first kappa shape index (κ1) is 22.6. The molecular weight excluding hydrogens is 292 g/mol. The van der Waals surface area contributed by atoms with Crippen molar-refractivity contribution in [2.75, 3.05) is 0 Å². The van der Waals surface area contributed by atoms with Crippen molar-refractivity contribution in [1.82, 2.24) is 0 Å². The van der Waals surface area contributed by atoms with Crippen molar-refractivity contribution in [2.45, 2.75) is 87.0 Å². The van der Waals surface area contributed by atoms with Gasteiger partial charge in [0.25, 0.3) is 0 Å². The SMILES string of the molecule is C/C=C(\C)CC(/C=C(\C)CC/C=C(\C)CCC=C(C)C)CC(C)=O. The van der Waals surface area contributed by atoms with Gasteiger partial charge in [0, 0.05) is 6.42 Å². The second kappa shape index (κ2) is 13.0. The molecular formula is C23H38O. The van der Waals surface area contributed by atoms with Crippen LogP contribution >= 0.6 is 0 Å². The molecule has 0 bridgehead atoms. The average molecular weight is 331 g/mol. The number of hydrogen-bond acceptors (Lipinski definition) is 1. The van der Waals surface area contributed by atoms with Gasteiger partial charge in [0.2, 0.25) is 0 Å². The number of carbonyl (C=O) groups is 1. The molecule has 0 amide bonds. The van der Waals surface area contributed by atoms with Gasteiger partial charge in [0.05, 0.1) is 0 Å². The van der Waals surface area contributed by atoms with Crippen LogP contribution in [0.15, 0.2) is 46.6 Å². The lowest BCUT2D eigenvalue weighted by Gasteiger charge is -2.13. The predicted molar refractivity (Wildman–Crippen MR) is 108 cm³/mol. The van der Waals surface area contributed by atoms with Gasteiger partial charge in [0.1, 0.15) is 5.78 Å². The largest absolute Gasteiger partial charge is 0.300 e. The summed E-state index contributed by atoms with van der Waals surface area (Å²) in [5.41, 5.74) is 5.64. The highest BCUT2D eigenvalue weighted by Gasteiger charge is 2.09. The number of allylic oxidation sites excluding steroid dienone is 8. The molecule has 1 heteroatoms. The molecule has 0 fully saturated rings. The highest BCUT2D eigenvalue weighted by molar-refractivity contribution is 5.76. The van der Waals surface area contributed by atoms with Crippen LogP contribution in [0.1, 0.15) is 87.0 Å². The van der Waals surface area contributed by atoms with Crippen LogP contribution in [-0.2, 0) is 4.79 Å². The molecule has 0 rings (SSSR count). The van der Waals surface area contributed by atoms with Gasteiger partial charge >= 0.3 is 0 Å². The van der Waals surface area contributed by atoms with Crippen LogP contribution in [-0.4, -0.2) is 5.78 Å². The van der Waals surface area contributed by atoms with E-state index in [2.05, 4.69) is 65.8 Å². The number of Topliss-reactive ketones (excluding diaryl/α,β-unsaturated/α-hetero) is 1. The van der Waals surface area contributed by atoms with Gasteiger partial charge in [0.15, 0.2) is 0 Å². The number of ketones is 1. The van der Waals surface area contributed by atoms with E-state index in [9.17, 15) is 4.79 Å². The fourth-order valence-electron chi connectivity index (χ4n) is 2.81. The zero-order chi connectivity index (χ0) is 18.5. The summed E-state index contributed by atoms with van der Waals surface area (Å²) in [5, 5.41) is 0. The third kappa shape index (κ3) is 13.1. The highest BCUT2D eigenvalue weighted by Crippen LogP contribution is 2.21. The van der Waals surface area contributed by atoms with Crippen LogP contribution in [0.2, 0.25) is 0 Å². The summed E-state index contributed by atoms with van der Waals surface area (Å²) < 4.78 is 0. The Balaban J connectivity index is 4.52. The molecule has 0 N–H and O–H groups in total. The molecule has 0 spiro atoms. The minimum atomic E-state index is 0.281. The zero-order valence-corrected chi connectivity index (χ0v) is 17.0. The Hall–Kier alpha value is -1.37. The summed E-state index contributed by atoms with van der Waals surface area (Å²) in [6.45, 7) is 14.6. The van der Waals surface area contributed by atoms with Crippen molar-refractivity contribution in [2.24, 2.45) is 5.92 Å². The smallest absolute Gasteiger partial charge is 0.130 e. The molecule has 0 aliphatic heterocycles. The minimum absolute atomic E-state index is 0.281. The molecule has 136 valence electrons. The monoisotopic (exact) mass is 330 g/mol. The summed E-state index contributed by atoms with van der Waals surface area (Å²) >= 11 is 0. The van der Waals surface area contributed by atoms with E-state index in [0.29, 0.717) is 12.3 Å². The van der Waals surface area contributed by atoms with Crippen molar-refractivity contribution in [3.63, 3.8) is 0 Å². The fraction of sp³-hybridized carbons (Fsp3) is 0.609. The molecule has 0 saturated carbocycles. The maximum atomic E-state index is 11.5.